The maximum absolute atomic E-state index is 13.1. The molecule has 4 nitrogen and oxygen atoms in total. The zero-order chi connectivity index (χ0) is 16.5. The molecule has 2 aliphatic heterocycles. The standard InChI is InChI=1S/C19H21BN2O2/c20-22-11-9-13(10-12-22)21-19(23)18-14-5-1-3-7-16(14)24-17-8-4-2-6-15(17)18/h1-8,13,18H,9-12,20H2,(H,21,23). The van der Waals surface area contributed by atoms with Crippen molar-refractivity contribution in [3.8, 4) is 11.5 Å². The van der Waals surface area contributed by atoms with Crippen molar-refractivity contribution in [2.75, 3.05) is 13.1 Å². The summed E-state index contributed by atoms with van der Waals surface area (Å²) in [7, 11) is 2.13. The molecule has 0 unspecified atom stereocenters. The molecule has 2 aromatic rings. The van der Waals surface area contributed by atoms with Gasteiger partial charge in [-0.2, -0.15) is 0 Å². The van der Waals surface area contributed by atoms with E-state index in [1.807, 2.05) is 48.5 Å². The van der Waals surface area contributed by atoms with Crippen molar-refractivity contribution >= 4 is 13.9 Å². The van der Waals surface area contributed by atoms with Gasteiger partial charge in [-0.3, -0.25) is 4.79 Å². The lowest BCUT2D eigenvalue weighted by atomic mass is 9.86. The van der Waals surface area contributed by atoms with E-state index in [-0.39, 0.29) is 17.9 Å². The average Bonchev–Trinajstić information content (AvgIpc) is 2.61. The van der Waals surface area contributed by atoms with Gasteiger partial charge in [-0.15, -0.1) is 0 Å². The lowest BCUT2D eigenvalue weighted by Crippen LogP contribution is -2.45. The largest absolute Gasteiger partial charge is 0.457 e. The Hall–Kier alpha value is -2.27. The summed E-state index contributed by atoms with van der Waals surface area (Å²) < 4.78 is 5.98. The molecule has 5 heteroatoms. The summed E-state index contributed by atoms with van der Waals surface area (Å²) in [6.45, 7) is 2.07. The summed E-state index contributed by atoms with van der Waals surface area (Å²) in [6.07, 6.45) is 2.02. The number of rotatable bonds is 2. The van der Waals surface area contributed by atoms with Gasteiger partial charge in [0.15, 0.2) is 7.98 Å². The Bertz CT molecular complexity index is 711. The van der Waals surface area contributed by atoms with Crippen LogP contribution in [0.4, 0.5) is 0 Å². The second kappa shape index (κ2) is 6.32. The van der Waals surface area contributed by atoms with Crippen LogP contribution in [0.5, 0.6) is 11.5 Å². The molecule has 1 fully saturated rings. The van der Waals surface area contributed by atoms with Gasteiger partial charge in [0.05, 0.1) is 5.92 Å². The van der Waals surface area contributed by atoms with E-state index in [1.54, 1.807) is 0 Å². The molecule has 0 saturated carbocycles. The number of hydrogen-bond acceptors (Lipinski definition) is 3. The fourth-order valence-corrected chi connectivity index (χ4v) is 3.63. The zero-order valence-corrected chi connectivity index (χ0v) is 13.9. The van der Waals surface area contributed by atoms with Gasteiger partial charge in [0.2, 0.25) is 5.91 Å². The molecule has 0 spiro atoms. The minimum absolute atomic E-state index is 0.0766. The van der Waals surface area contributed by atoms with Crippen LogP contribution in [0.3, 0.4) is 0 Å². The highest BCUT2D eigenvalue weighted by Gasteiger charge is 2.33. The third kappa shape index (κ3) is 2.80. The molecule has 0 bridgehead atoms. The predicted molar refractivity (Wildman–Crippen MR) is 96.1 cm³/mol. The van der Waals surface area contributed by atoms with Crippen molar-refractivity contribution in [2.45, 2.75) is 24.8 Å². The first-order chi connectivity index (χ1) is 11.7. The van der Waals surface area contributed by atoms with Gasteiger partial charge in [-0.1, -0.05) is 36.4 Å². The van der Waals surface area contributed by atoms with Crippen LogP contribution >= 0.6 is 0 Å². The van der Waals surface area contributed by atoms with Crippen molar-refractivity contribution in [1.29, 1.82) is 0 Å². The quantitative estimate of drug-likeness (QED) is 0.861. The molecule has 4 rings (SSSR count). The number of carbonyl (C=O) groups excluding carboxylic acids is 1. The Morgan fingerprint density at radius 3 is 2.12 bits per heavy atom. The average molecular weight is 320 g/mol. The normalized spacial score (nSPS) is 18.3. The van der Waals surface area contributed by atoms with Gasteiger partial charge in [0.1, 0.15) is 11.5 Å². The smallest absolute Gasteiger partial charge is 0.232 e. The van der Waals surface area contributed by atoms with E-state index >= 15 is 0 Å². The van der Waals surface area contributed by atoms with E-state index < -0.39 is 0 Å². The second-order valence-corrected chi connectivity index (χ2v) is 6.70. The Labute approximate surface area is 143 Å². The molecule has 2 aromatic carbocycles. The molecule has 1 saturated heterocycles. The van der Waals surface area contributed by atoms with Crippen molar-refractivity contribution in [2.24, 2.45) is 0 Å². The number of nitrogens with one attached hydrogen (secondary N) is 1. The van der Waals surface area contributed by atoms with Gasteiger partial charge in [0, 0.05) is 17.2 Å². The number of para-hydroxylation sites is 2. The Balaban J connectivity index is 1.63. The maximum atomic E-state index is 13.1. The van der Waals surface area contributed by atoms with Gasteiger partial charge in [-0.25, -0.2) is 0 Å². The number of amides is 1. The first-order valence-electron chi connectivity index (χ1n) is 8.57. The van der Waals surface area contributed by atoms with Crippen LogP contribution in [0.25, 0.3) is 0 Å². The van der Waals surface area contributed by atoms with Crippen LogP contribution in [-0.2, 0) is 4.79 Å². The van der Waals surface area contributed by atoms with E-state index in [4.69, 9.17) is 4.74 Å². The molecule has 2 aliphatic rings. The molecule has 0 radical (unpaired) electrons. The van der Waals surface area contributed by atoms with Crippen LogP contribution in [-0.4, -0.2) is 37.8 Å². The highest BCUT2D eigenvalue weighted by Crippen LogP contribution is 2.43. The van der Waals surface area contributed by atoms with Crippen molar-refractivity contribution < 1.29 is 9.53 Å². The van der Waals surface area contributed by atoms with E-state index in [9.17, 15) is 4.79 Å². The first kappa shape index (κ1) is 15.3. The Morgan fingerprint density at radius 2 is 1.54 bits per heavy atom. The Morgan fingerprint density at radius 1 is 1.00 bits per heavy atom. The van der Waals surface area contributed by atoms with Crippen LogP contribution in [0.2, 0.25) is 0 Å². The number of carbonyl (C=O) groups is 1. The highest BCUT2D eigenvalue weighted by molar-refractivity contribution is 6.04. The summed E-state index contributed by atoms with van der Waals surface area (Å²) in [6, 6.07) is 15.9. The minimum atomic E-state index is -0.300. The third-order valence-electron chi connectivity index (χ3n) is 5.01. The number of benzene rings is 2. The Kier molecular flexibility index (Phi) is 4.02. The van der Waals surface area contributed by atoms with Crippen LogP contribution in [0, 0.1) is 0 Å². The first-order valence-corrected chi connectivity index (χ1v) is 8.57. The van der Waals surface area contributed by atoms with Crippen LogP contribution < -0.4 is 10.1 Å². The molecular formula is C19H21BN2O2. The lowest BCUT2D eigenvalue weighted by Gasteiger charge is -2.32. The van der Waals surface area contributed by atoms with E-state index in [2.05, 4.69) is 18.1 Å². The topological polar surface area (TPSA) is 41.6 Å². The third-order valence-corrected chi connectivity index (χ3v) is 5.01. The maximum Gasteiger partial charge on any atom is 0.232 e. The van der Waals surface area contributed by atoms with Gasteiger partial charge in [0.25, 0.3) is 0 Å². The van der Waals surface area contributed by atoms with Crippen LogP contribution in [0.15, 0.2) is 48.5 Å². The molecule has 1 N–H and O–H groups in total. The molecule has 2 heterocycles. The molecule has 24 heavy (non-hydrogen) atoms. The minimum Gasteiger partial charge on any atom is -0.457 e. The lowest BCUT2D eigenvalue weighted by molar-refractivity contribution is -0.122. The number of piperidine rings is 1. The van der Waals surface area contributed by atoms with Crippen molar-refractivity contribution in [3.63, 3.8) is 0 Å². The molecule has 122 valence electrons. The fraction of sp³-hybridized carbons (Fsp3) is 0.316. The number of hydrogen-bond donors (Lipinski definition) is 1. The van der Waals surface area contributed by atoms with Gasteiger partial charge >= 0.3 is 0 Å². The summed E-state index contributed by atoms with van der Waals surface area (Å²) in [5.74, 6) is 1.33. The summed E-state index contributed by atoms with van der Waals surface area (Å²) in [4.78, 5) is 15.4. The summed E-state index contributed by atoms with van der Waals surface area (Å²) >= 11 is 0. The van der Waals surface area contributed by atoms with E-state index in [1.165, 1.54) is 0 Å². The number of nitrogens with zero attached hydrogens (tertiary/aromatic N) is 1. The van der Waals surface area contributed by atoms with Gasteiger partial charge < -0.3 is 14.9 Å². The summed E-state index contributed by atoms with van der Waals surface area (Å²) in [5, 5.41) is 3.27. The second-order valence-electron chi connectivity index (χ2n) is 6.70. The number of ether oxygens (including phenoxy) is 1. The SMILES string of the molecule is BN1CCC(NC(=O)C2c3ccccc3Oc3ccccc32)CC1. The van der Waals surface area contributed by atoms with E-state index in [0.29, 0.717) is 0 Å². The monoisotopic (exact) mass is 320 g/mol. The fourth-order valence-electron chi connectivity index (χ4n) is 3.63. The zero-order valence-electron chi connectivity index (χ0n) is 13.9. The molecule has 1 amide bonds. The predicted octanol–water partition coefficient (Wildman–Crippen LogP) is 2.05. The molecule has 0 atom stereocenters. The van der Waals surface area contributed by atoms with E-state index in [0.717, 1.165) is 48.6 Å². The van der Waals surface area contributed by atoms with Gasteiger partial charge in [-0.05, 0) is 38.1 Å². The molecular weight excluding hydrogens is 299 g/mol. The number of fused-ring (bicyclic) bond motifs is 2. The molecule has 0 aliphatic carbocycles. The van der Waals surface area contributed by atoms with Crippen LogP contribution in [0.1, 0.15) is 29.9 Å². The molecule has 0 aromatic heterocycles. The highest BCUT2D eigenvalue weighted by atomic mass is 16.5. The summed E-state index contributed by atoms with van der Waals surface area (Å²) in [5.41, 5.74) is 1.89. The van der Waals surface area contributed by atoms with Crippen molar-refractivity contribution in [1.82, 2.24) is 10.1 Å². The van der Waals surface area contributed by atoms with Crippen molar-refractivity contribution in [3.05, 3.63) is 59.7 Å².